The number of halogens is 2. The van der Waals surface area contributed by atoms with Gasteiger partial charge in [-0.05, 0) is 31.0 Å². The predicted molar refractivity (Wildman–Crippen MR) is 66.3 cm³/mol. The third-order valence-corrected chi connectivity index (χ3v) is 2.75. The van der Waals surface area contributed by atoms with Crippen molar-refractivity contribution in [3.05, 3.63) is 46.0 Å². The zero-order valence-electron chi connectivity index (χ0n) is 8.84. The summed E-state index contributed by atoms with van der Waals surface area (Å²) in [5, 5.41) is 10.0. The van der Waals surface area contributed by atoms with E-state index in [1.807, 2.05) is 0 Å². The molecule has 0 amide bonds. The monoisotopic (exact) mass is 258 g/mol. The van der Waals surface area contributed by atoms with Crippen LogP contribution in [0.2, 0.25) is 10.0 Å². The Kier molecular flexibility index (Phi) is 4.39. The lowest BCUT2D eigenvalue weighted by molar-refractivity contribution is -0.138. The summed E-state index contributed by atoms with van der Waals surface area (Å²) in [7, 11) is 0. The lowest BCUT2D eigenvalue weighted by Gasteiger charge is -2.14. The van der Waals surface area contributed by atoms with Gasteiger partial charge in [-0.1, -0.05) is 34.8 Å². The molecule has 1 aromatic carbocycles. The molecule has 0 aliphatic heterocycles. The Morgan fingerprint density at radius 1 is 1.50 bits per heavy atom. The number of carboxylic acid groups (broad SMARTS) is 1. The topological polar surface area (TPSA) is 37.3 Å². The van der Waals surface area contributed by atoms with E-state index >= 15 is 0 Å². The number of rotatable bonds is 4. The van der Waals surface area contributed by atoms with E-state index in [4.69, 9.17) is 28.3 Å². The van der Waals surface area contributed by atoms with Gasteiger partial charge in [-0.25, -0.2) is 0 Å². The first kappa shape index (κ1) is 13.1. The Labute approximate surface area is 104 Å². The summed E-state index contributed by atoms with van der Waals surface area (Å²) in [6, 6.07) is 4.83. The molecule has 0 aromatic heterocycles. The van der Waals surface area contributed by atoms with Gasteiger partial charge in [0.05, 0.1) is 5.92 Å². The molecule has 0 aliphatic rings. The molecule has 1 aromatic rings. The largest absolute Gasteiger partial charge is 0.481 e. The van der Waals surface area contributed by atoms with E-state index in [2.05, 4.69) is 6.58 Å². The summed E-state index contributed by atoms with van der Waals surface area (Å²) in [4.78, 5) is 11.1. The van der Waals surface area contributed by atoms with Crippen molar-refractivity contribution >= 4 is 29.2 Å². The van der Waals surface area contributed by atoms with Gasteiger partial charge in [0.25, 0.3) is 0 Å². The van der Waals surface area contributed by atoms with Crippen molar-refractivity contribution < 1.29 is 9.90 Å². The van der Waals surface area contributed by atoms with Crippen LogP contribution in [0.25, 0.3) is 0 Å². The van der Waals surface area contributed by atoms with Crippen molar-refractivity contribution in [2.24, 2.45) is 0 Å². The fraction of sp³-hybridized carbons (Fsp3) is 0.250. The Bertz CT molecular complexity index is 427. The molecule has 0 radical (unpaired) electrons. The fourth-order valence-electron chi connectivity index (χ4n) is 1.46. The summed E-state index contributed by atoms with van der Waals surface area (Å²) < 4.78 is 0. The number of aliphatic carboxylic acids is 1. The Morgan fingerprint density at radius 2 is 2.12 bits per heavy atom. The summed E-state index contributed by atoms with van der Waals surface area (Å²) in [6.45, 7) is 5.51. The van der Waals surface area contributed by atoms with Crippen LogP contribution in [0.3, 0.4) is 0 Å². The number of carbonyl (C=O) groups is 1. The highest BCUT2D eigenvalue weighted by Gasteiger charge is 2.22. The minimum atomic E-state index is -0.910. The predicted octanol–water partition coefficient (Wildman–Crippen LogP) is 4.13. The van der Waals surface area contributed by atoms with E-state index in [-0.39, 0.29) is 0 Å². The van der Waals surface area contributed by atoms with E-state index in [0.29, 0.717) is 22.0 Å². The molecule has 1 atom stereocenters. The third-order valence-electron chi connectivity index (χ3n) is 2.19. The quantitative estimate of drug-likeness (QED) is 0.825. The number of allylic oxidation sites excluding steroid dienone is 1. The fourth-order valence-corrected chi connectivity index (χ4v) is 2.00. The molecule has 4 heteroatoms. The van der Waals surface area contributed by atoms with Crippen LogP contribution in [0.5, 0.6) is 0 Å². The normalized spacial score (nSPS) is 12.2. The first-order valence-corrected chi connectivity index (χ1v) is 5.49. The Morgan fingerprint density at radius 3 is 2.56 bits per heavy atom. The Balaban J connectivity index is 3.10. The standard InChI is InChI=1S/C12H12Cl2O2/c1-7(2)5-10(12(15)16)9-4-3-8(13)6-11(9)14/h3-4,6,10H,1,5H2,2H3,(H,15,16). The minimum Gasteiger partial charge on any atom is -0.481 e. The van der Waals surface area contributed by atoms with Crippen LogP contribution < -0.4 is 0 Å². The highest BCUT2D eigenvalue weighted by atomic mass is 35.5. The van der Waals surface area contributed by atoms with Gasteiger partial charge >= 0.3 is 5.97 Å². The number of benzene rings is 1. The summed E-state index contributed by atoms with van der Waals surface area (Å²) in [6.07, 6.45) is 0.372. The van der Waals surface area contributed by atoms with Crippen LogP contribution in [0.15, 0.2) is 30.4 Å². The van der Waals surface area contributed by atoms with Gasteiger partial charge < -0.3 is 5.11 Å². The molecule has 1 unspecified atom stereocenters. The van der Waals surface area contributed by atoms with Gasteiger partial charge in [-0.3, -0.25) is 4.79 Å². The van der Waals surface area contributed by atoms with Crippen LogP contribution in [0, 0.1) is 0 Å². The minimum absolute atomic E-state index is 0.372. The van der Waals surface area contributed by atoms with Gasteiger partial charge in [0.2, 0.25) is 0 Å². The highest BCUT2D eigenvalue weighted by molar-refractivity contribution is 6.35. The van der Waals surface area contributed by atoms with Crippen LogP contribution in [0.1, 0.15) is 24.8 Å². The molecule has 0 bridgehead atoms. The molecule has 0 fully saturated rings. The zero-order chi connectivity index (χ0) is 12.3. The van der Waals surface area contributed by atoms with Crippen LogP contribution in [0.4, 0.5) is 0 Å². The van der Waals surface area contributed by atoms with Gasteiger partial charge in [0.1, 0.15) is 0 Å². The summed E-state index contributed by atoms with van der Waals surface area (Å²) in [5.41, 5.74) is 1.37. The van der Waals surface area contributed by atoms with Gasteiger partial charge in [-0.2, -0.15) is 0 Å². The Hall–Kier alpha value is -0.990. The van der Waals surface area contributed by atoms with Crippen LogP contribution in [-0.4, -0.2) is 11.1 Å². The highest BCUT2D eigenvalue weighted by Crippen LogP contribution is 2.31. The molecule has 1 rings (SSSR count). The number of carboxylic acids is 1. The third kappa shape index (κ3) is 3.26. The molecule has 0 heterocycles. The van der Waals surface area contributed by atoms with Crippen molar-refractivity contribution in [1.82, 2.24) is 0 Å². The van der Waals surface area contributed by atoms with Crippen LogP contribution >= 0.6 is 23.2 Å². The average Bonchev–Trinajstić information content (AvgIpc) is 2.14. The zero-order valence-corrected chi connectivity index (χ0v) is 10.3. The molecule has 0 aliphatic carbocycles. The smallest absolute Gasteiger partial charge is 0.311 e. The molecule has 1 N–H and O–H groups in total. The molecule has 86 valence electrons. The second-order valence-corrected chi connectivity index (χ2v) is 4.56. The maximum Gasteiger partial charge on any atom is 0.311 e. The van der Waals surface area contributed by atoms with Crippen molar-refractivity contribution in [2.45, 2.75) is 19.3 Å². The van der Waals surface area contributed by atoms with E-state index in [9.17, 15) is 4.79 Å². The first-order chi connectivity index (χ1) is 7.41. The summed E-state index contributed by atoms with van der Waals surface area (Å²) in [5.74, 6) is -1.57. The second kappa shape index (κ2) is 5.37. The molecule has 0 saturated heterocycles. The van der Waals surface area contributed by atoms with Gasteiger partial charge in [0.15, 0.2) is 0 Å². The average molecular weight is 259 g/mol. The van der Waals surface area contributed by atoms with Gasteiger partial charge in [0, 0.05) is 10.0 Å². The van der Waals surface area contributed by atoms with E-state index in [1.165, 1.54) is 0 Å². The van der Waals surface area contributed by atoms with Crippen LogP contribution in [-0.2, 0) is 4.79 Å². The molecule has 0 saturated carbocycles. The molecule has 2 nitrogen and oxygen atoms in total. The molecule has 16 heavy (non-hydrogen) atoms. The van der Waals surface area contributed by atoms with E-state index in [1.54, 1.807) is 25.1 Å². The maximum absolute atomic E-state index is 11.1. The molecule has 0 spiro atoms. The molecular weight excluding hydrogens is 247 g/mol. The lowest BCUT2D eigenvalue weighted by Crippen LogP contribution is -2.12. The van der Waals surface area contributed by atoms with Crippen molar-refractivity contribution in [3.63, 3.8) is 0 Å². The van der Waals surface area contributed by atoms with Gasteiger partial charge in [-0.15, -0.1) is 6.58 Å². The van der Waals surface area contributed by atoms with E-state index in [0.717, 1.165) is 5.57 Å². The second-order valence-electron chi connectivity index (χ2n) is 3.72. The van der Waals surface area contributed by atoms with E-state index < -0.39 is 11.9 Å². The van der Waals surface area contributed by atoms with Crippen molar-refractivity contribution in [3.8, 4) is 0 Å². The first-order valence-electron chi connectivity index (χ1n) is 4.74. The van der Waals surface area contributed by atoms with Crippen molar-refractivity contribution in [2.75, 3.05) is 0 Å². The van der Waals surface area contributed by atoms with Crippen molar-refractivity contribution in [1.29, 1.82) is 0 Å². The summed E-state index contributed by atoms with van der Waals surface area (Å²) >= 11 is 11.7. The maximum atomic E-state index is 11.1. The number of hydrogen-bond donors (Lipinski definition) is 1. The number of hydrogen-bond acceptors (Lipinski definition) is 1. The molecular formula is C12H12Cl2O2. The SMILES string of the molecule is C=C(C)CC(C(=O)O)c1ccc(Cl)cc1Cl. The lowest BCUT2D eigenvalue weighted by atomic mass is 9.93.